The van der Waals surface area contributed by atoms with Crippen LogP contribution in [0.2, 0.25) is 10.0 Å². The first-order chi connectivity index (χ1) is 10.6. The summed E-state index contributed by atoms with van der Waals surface area (Å²) in [6, 6.07) is 12.0. The number of hydrogen-bond donors (Lipinski definition) is 1. The van der Waals surface area contributed by atoms with E-state index in [1.165, 1.54) is 11.0 Å². The van der Waals surface area contributed by atoms with Gasteiger partial charge in [-0.1, -0.05) is 29.3 Å². The lowest BCUT2D eigenvalue weighted by Crippen LogP contribution is -2.12. The van der Waals surface area contributed by atoms with Gasteiger partial charge in [0.2, 0.25) is 0 Å². The van der Waals surface area contributed by atoms with Crippen molar-refractivity contribution in [3.05, 3.63) is 64.4 Å². The van der Waals surface area contributed by atoms with Gasteiger partial charge in [0.25, 0.3) is 5.91 Å². The molecule has 0 spiro atoms. The van der Waals surface area contributed by atoms with Crippen LogP contribution in [-0.2, 0) is 0 Å². The lowest BCUT2D eigenvalue weighted by molar-refractivity contribution is 0.102. The number of halogens is 2. The highest BCUT2D eigenvalue weighted by molar-refractivity contribution is 6.44. The highest BCUT2D eigenvalue weighted by atomic mass is 35.5. The Morgan fingerprint density at radius 1 is 1.09 bits per heavy atom. The number of benzene rings is 2. The molecule has 2 aromatic carbocycles. The van der Waals surface area contributed by atoms with Gasteiger partial charge in [-0.2, -0.15) is 0 Å². The minimum Gasteiger partial charge on any atom is -0.322 e. The quantitative estimate of drug-likeness (QED) is 0.798. The van der Waals surface area contributed by atoms with Crippen LogP contribution in [0.1, 0.15) is 10.4 Å². The molecule has 8 heteroatoms. The van der Waals surface area contributed by atoms with Crippen molar-refractivity contribution >= 4 is 34.8 Å². The number of nitrogens with one attached hydrogen (secondary N) is 1. The summed E-state index contributed by atoms with van der Waals surface area (Å²) in [5.41, 5.74) is 1.72. The molecule has 3 aromatic rings. The number of amides is 1. The third-order valence-corrected chi connectivity index (χ3v) is 3.75. The van der Waals surface area contributed by atoms with E-state index in [-0.39, 0.29) is 10.9 Å². The lowest BCUT2D eigenvalue weighted by atomic mass is 10.2. The van der Waals surface area contributed by atoms with Crippen molar-refractivity contribution in [1.29, 1.82) is 0 Å². The summed E-state index contributed by atoms with van der Waals surface area (Å²) in [5, 5.41) is 14.2. The molecule has 1 amide bonds. The average Bonchev–Trinajstić information content (AvgIpc) is 3.05. The third kappa shape index (κ3) is 2.93. The maximum Gasteiger partial charge on any atom is 0.257 e. The van der Waals surface area contributed by atoms with Crippen LogP contribution in [0.15, 0.2) is 48.8 Å². The second-order valence-electron chi connectivity index (χ2n) is 4.36. The Kier molecular flexibility index (Phi) is 4.04. The standard InChI is InChI=1S/C14H9Cl2N5O/c15-12-3-1-2-11(13(12)16)14(22)18-9-4-6-10(7-5-9)21-8-17-19-20-21/h1-8H,(H,18,22). The summed E-state index contributed by atoms with van der Waals surface area (Å²) in [7, 11) is 0. The van der Waals surface area contributed by atoms with Gasteiger partial charge < -0.3 is 5.32 Å². The topological polar surface area (TPSA) is 72.7 Å². The largest absolute Gasteiger partial charge is 0.322 e. The van der Waals surface area contributed by atoms with Crippen LogP contribution in [0.3, 0.4) is 0 Å². The Morgan fingerprint density at radius 2 is 1.86 bits per heavy atom. The van der Waals surface area contributed by atoms with Gasteiger partial charge in [0.05, 0.1) is 21.3 Å². The maximum absolute atomic E-state index is 12.2. The highest BCUT2D eigenvalue weighted by Crippen LogP contribution is 2.26. The number of hydrogen-bond acceptors (Lipinski definition) is 4. The molecule has 3 rings (SSSR count). The zero-order valence-electron chi connectivity index (χ0n) is 11.1. The molecule has 0 unspecified atom stereocenters. The van der Waals surface area contributed by atoms with E-state index < -0.39 is 0 Å². The van der Waals surface area contributed by atoms with E-state index in [1.807, 2.05) is 0 Å². The number of tetrazole rings is 1. The Hall–Kier alpha value is -2.44. The van der Waals surface area contributed by atoms with Crippen LogP contribution in [0.25, 0.3) is 5.69 Å². The Labute approximate surface area is 135 Å². The fourth-order valence-electron chi connectivity index (χ4n) is 1.85. The minimum atomic E-state index is -0.331. The monoisotopic (exact) mass is 333 g/mol. The zero-order valence-corrected chi connectivity index (χ0v) is 12.6. The number of rotatable bonds is 3. The van der Waals surface area contributed by atoms with Gasteiger partial charge in [0.1, 0.15) is 6.33 Å². The molecule has 6 nitrogen and oxygen atoms in total. The molecule has 1 N–H and O–H groups in total. The van der Waals surface area contributed by atoms with Crippen LogP contribution in [0.5, 0.6) is 0 Å². The number of carbonyl (C=O) groups excluding carboxylic acids is 1. The van der Waals surface area contributed by atoms with Gasteiger partial charge in [-0.05, 0) is 46.8 Å². The number of aromatic nitrogens is 4. The summed E-state index contributed by atoms with van der Waals surface area (Å²) >= 11 is 11.9. The smallest absolute Gasteiger partial charge is 0.257 e. The molecule has 22 heavy (non-hydrogen) atoms. The van der Waals surface area contributed by atoms with Crippen LogP contribution >= 0.6 is 23.2 Å². The summed E-state index contributed by atoms with van der Waals surface area (Å²) in [5.74, 6) is -0.331. The normalized spacial score (nSPS) is 10.5. The number of nitrogens with zero attached hydrogens (tertiary/aromatic N) is 4. The van der Waals surface area contributed by atoms with Gasteiger partial charge in [-0.3, -0.25) is 4.79 Å². The third-order valence-electron chi connectivity index (χ3n) is 2.93. The van der Waals surface area contributed by atoms with Crippen molar-refractivity contribution in [3.63, 3.8) is 0 Å². The van der Waals surface area contributed by atoms with Gasteiger partial charge in [0, 0.05) is 5.69 Å². The van der Waals surface area contributed by atoms with Gasteiger partial charge in [0.15, 0.2) is 0 Å². The van der Waals surface area contributed by atoms with Crippen molar-refractivity contribution in [2.75, 3.05) is 5.32 Å². The number of anilines is 1. The maximum atomic E-state index is 12.2. The first-order valence-corrected chi connectivity index (χ1v) is 6.99. The zero-order chi connectivity index (χ0) is 15.5. The molecule has 0 aliphatic carbocycles. The van der Waals surface area contributed by atoms with Crippen LogP contribution in [-0.4, -0.2) is 26.1 Å². The molecule has 0 bridgehead atoms. The fraction of sp³-hybridized carbons (Fsp3) is 0. The van der Waals surface area contributed by atoms with Gasteiger partial charge in [-0.15, -0.1) is 5.10 Å². The SMILES string of the molecule is O=C(Nc1ccc(-n2cnnn2)cc1)c1cccc(Cl)c1Cl. The van der Waals surface area contributed by atoms with E-state index in [0.717, 1.165) is 5.69 Å². The van der Waals surface area contributed by atoms with Crippen LogP contribution in [0.4, 0.5) is 5.69 Å². The molecule has 0 atom stereocenters. The second-order valence-corrected chi connectivity index (χ2v) is 5.14. The Balaban J connectivity index is 1.78. The van der Waals surface area contributed by atoms with E-state index in [1.54, 1.807) is 42.5 Å². The molecule has 0 saturated heterocycles. The van der Waals surface area contributed by atoms with E-state index in [2.05, 4.69) is 20.8 Å². The summed E-state index contributed by atoms with van der Waals surface area (Å²) in [4.78, 5) is 12.2. The van der Waals surface area contributed by atoms with Gasteiger partial charge >= 0.3 is 0 Å². The van der Waals surface area contributed by atoms with E-state index in [9.17, 15) is 4.79 Å². The van der Waals surface area contributed by atoms with Crippen LogP contribution < -0.4 is 5.32 Å². The molecule has 0 aliphatic heterocycles. The van der Waals surface area contributed by atoms with Crippen molar-refractivity contribution in [2.45, 2.75) is 0 Å². The van der Waals surface area contributed by atoms with Crippen molar-refractivity contribution in [1.82, 2.24) is 20.2 Å². The number of carbonyl (C=O) groups is 1. The van der Waals surface area contributed by atoms with E-state index >= 15 is 0 Å². The summed E-state index contributed by atoms with van der Waals surface area (Å²) < 4.78 is 1.51. The predicted octanol–water partition coefficient (Wildman–Crippen LogP) is 3.22. The van der Waals surface area contributed by atoms with Crippen LogP contribution in [0, 0.1) is 0 Å². The average molecular weight is 334 g/mol. The minimum absolute atomic E-state index is 0.229. The summed E-state index contributed by atoms with van der Waals surface area (Å²) in [6.07, 6.45) is 1.49. The molecule has 0 saturated carbocycles. The fourth-order valence-corrected chi connectivity index (χ4v) is 2.24. The molecular formula is C14H9Cl2N5O. The molecule has 0 radical (unpaired) electrons. The summed E-state index contributed by atoms with van der Waals surface area (Å²) in [6.45, 7) is 0. The molecule has 1 aromatic heterocycles. The Morgan fingerprint density at radius 3 is 2.55 bits per heavy atom. The second kappa shape index (κ2) is 6.13. The molecule has 1 heterocycles. The molecular weight excluding hydrogens is 325 g/mol. The van der Waals surface area contributed by atoms with Gasteiger partial charge in [-0.25, -0.2) is 4.68 Å². The first-order valence-electron chi connectivity index (χ1n) is 6.24. The highest BCUT2D eigenvalue weighted by Gasteiger charge is 2.12. The van der Waals surface area contributed by atoms with E-state index in [0.29, 0.717) is 16.3 Å². The first kappa shape index (κ1) is 14.5. The van der Waals surface area contributed by atoms with Crippen molar-refractivity contribution < 1.29 is 4.79 Å². The molecule has 0 fully saturated rings. The lowest BCUT2D eigenvalue weighted by Gasteiger charge is -2.08. The van der Waals surface area contributed by atoms with Crippen molar-refractivity contribution in [3.8, 4) is 5.69 Å². The Bertz CT molecular complexity index is 803. The molecule has 110 valence electrons. The molecule has 0 aliphatic rings. The van der Waals surface area contributed by atoms with Crippen molar-refractivity contribution in [2.24, 2.45) is 0 Å². The van der Waals surface area contributed by atoms with E-state index in [4.69, 9.17) is 23.2 Å². The predicted molar refractivity (Wildman–Crippen MR) is 83.6 cm³/mol.